The van der Waals surface area contributed by atoms with E-state index in [1.165, 1.54) is 0 Å². The molecule has 2 aromatic heterocycles. The zero-order chi connectivity index (χ0) is 22.7. The molecule has 0 radical (unpaired) electrons. The lowest BCUT2D eigenvalue weighted by Crippen LogP contribution is -2.14. The minimum Gasteiger partial charge on any atom is -0.497 e. The number of nitrogens with zero attached hydrogens (tertiary/aromatic N) is 3. The average molecular weight is 430 g/mol. The molecule has 162 valence electrons. The molecule has 0 spiro atoms. The number of esters is 1. The van der Waals surface area contributed by atoms with Gasteiger partial charge in [0.05, 0.1) is 36.2 Å². The zero-order valence-electron chi connectivity index (χ0n) is 18.0. The van der Waals surface area contributed by atoms with Gasteiger partial charge in [-0.15, -0.1) is 0 Å². The van der Waals surface area contributed by atoms with Gasteiger partial charge in [-0.25, -0.2) is 9.48 Å². The molecule has 8 nitrogen and oxygen atoms in total. The maximum Gasteiger partial charge on any atom is 0.358 e. The molecule has 0 fully saturated rings. The first kappa shape index (κ1) is 21.0. The highest BCUT2D eigenvalue weighted by Crippen LogP contribution is 2.23. The number of aryl methyl sites for hydroxylation is 1. The van der Waals surface area contributed by atoms with Gasteiger partial charge < -0.3 is 14.8 Å². The Hall–Kier alpha value is -4.20. The van der Waals surface area contributed by atoms with Crippen LogP contribution in [0.2, 0.25) is 0 Å². The molecule has 0 saturated heterocycles. The van der Waals surface area contributed by atoms with E-state index in [0.29, 0.717) is 29.3 Å². The fourth-order valence-electron chi connectivity index (χ4n) is 3.28. The van der Waals surface area contributed by atoms with Gasteiger partial charge in [0.2, 0.25) is 0 Å². The molecule has 0 aliphatic rings. The van der Waals surface area contributed by atoms with Crippen molar-refractivity contribution in [3.05, 3.63) is 77.7 Å². The summed E-state index contributed by atoms with van der Waals surface area (Å²) in [6, 6.07) is 16.1. The normalized spacial score (nSPS) is 10.7. The first-order chi connectivity index (χ1) is 15.5. The second kappa shape index (κ2) is 8.89. The number of fused-ring (bicyclic) bond motifs is 1. The summed E-state index contributed by atoms with van der Waals surface area (Å²) in [5.74, 6) is 0.00495. The van der Waals surface area contributed by atoms with Crippen LogP contribution in [0.15, 0.2) is 60.8 Å². The van der Waals surface area contributed by atoms with Crippen LogP contribution in [0.25, 0.3) is 16.6 Å². The number of nitrogens with one attached hydrogen (secondary N) is 1. The van der Waals surface area contributed by atoms with E-state index < -0.39 is 5.97 Å². The van der Waals surface area contributed by atoms with Crippen LogP contribution in [0.3, 0.4) is 0 Å². The third kappa shape index (κ3) is 4.29. The second-order valence-corrected chi connectivity index (χ2v) is 7.05. The predicted molar refractivity (Wildman–Crippen MR) is 121 cm³/mol. The van der Waals surface area contributed by atoms with E-state index in [4.69, 9.17) is 9.47 Å². The van der Waals surface area contributed by atoms with Crippen LogP contribution in [0.5, 0.6) is 5.75 Å². The Morgan fingerprint density at radius 2 is 1.84 bits per heavy atom. The van der Waals surface area contributed by atoms with E-state index in [0.717, 1.165) is 16.6 Å². The number of carbonyl (C=O) groups is 2. The Labute approximate surface area is 184 Å². The van der Waals surface area contributed by atoms with Crippen molar-refractivity contribution < 1.29 is 19.1 Å². The summed E-state index contributed by atoms with van der Waals surface area (Å²) in [5.41, 5.74) is 3.51. The molecule has 8 heteroatoms. The maximum atomic E-state index is 12.9. The van der Waals surface area contributed by atoms with E-state index in [1.807, 2.05) is 24.3 Å². The molecule has 0 bridgehead atoms. The highest BCUT2D eigenvalue weighted by Gasteiger charge is 2.14. The van der Waals surface area contributed by atoms with Crippen molar-refractivity contribution in [1.29, 1.82) is 0 Å². The molecule has 1 amide bonds. The van der Waals surface area contributed by atoms with Crippen LogP contribution >= 0.6 is 0 Å². The number of carbonyl (C=O) groups excluding carboxylic acids is 2. The van der Waals surface area contributed by atoms with Crippen LogP contribution < -0.4 is 10.1 Å². The Bertz CT molecular complexity index is 1300. The van der Waals surface area contributed by atoms with Crippen molar-refractivity contribution in [3.63, 3.8) is 0 Å². The van der Waals surface area contributed by atoms with Gasteiger partial charge in [-0.1, -0.05) is 0 Å². The monoisotopic (exact) mass is 430 g/mol. The van der Waals surface area contributed by atoms with Crippen LogP contribution in [0.1, 0.15) is 33.5 Å². The van der Waals surface area contributed by atoms with Gasteiger partial charge in [0.15, 0.2) is 5.69 Å². The summed E-state index contributed by atoms with van der Waals surface area (Å²) < 4.78 is 11.8. The highest BCUT2D eigenvalue weighted by molar-refractivity contribution is 6.06. The largest absolute Gasteiger partial charge is 0.497 e. The van der Waals surface area contributed by atoms with Gasteiger partial charge in [0.1, 0.15) is 5.75 Å². The lowest BCUT2D eigenvalue weighted by molar-refractivity contribution is 0.0519. The molecule has 4 aromatic rings. The van der Waals surface area contributed by atoms with Crippen molar-refractivity contribution in [1.82, 2.24) is 14.8 Å². The third-order valence-electron chi connectivity index (χ3n) is 4.92. The SMILES string of the molecule is CCOC(=O)c1ccn(-c2ccc(NC(=O)c3cc4ccc(OC)cc4nc3C)cc2)n1. The highest BCUT2D eigenvalue weighted by atomic mass is 16.5. The lowest BCUT2D eigenvalue weighted by atomic mass is 10.1. The molecule has 4 rings (SSSR count). The van der Waals surface area contributed by atoms with E-state index in [2.05, 4.69) is 15.4 Å². The lowest BCUT2D eigenvalue weighted by Gasteiger charge is -2.10. The average Bonchev–Trinajstić information content (AvgIpc) is 3.29. The van der Waals surface area contributed by atoms with Crippen LogP contribution in [-0.4, -0.2) is 40.4 Å². The third-order valence-corrected chi connectivity index (χ3v) is 4.92. The van der Waals surface area contributed by atoms with Gasteiger partial charge in [-0.05, 0) is 62.4 Å². The van der Waals surface area contributed by atoms with Crippen molar-refractivity contribution in [3.8, 4) is 11.4 Å². The first-order valence-corrected chi connectivity index (χ1v) is 10.1. The number of hydrogen-bond donors (Lipinski definition) is 1. The van der Waals surface area contributed by atoms with E-state index in [1.54, 1.807) is 62.2 Å². The molecule has 0 aliphatic heterocycles. The number of methoxy groups -OCH3 is 1. The van der Waals surface area contributed by atoms with Crippen molar-refractivity contribution in [2.45, 2.75) is 13.8 Å². The van der Waals surface area contributed by atoms with Crippen molar-refractivity contribution in [2.75, 3.05) is 19.0 Å². The Morgan fingerprint density at radius 1 is 1.06 bits per heavy atom. The number of anilines is 1. The van der Waals surface area contributed by atoms with Gasteiger partial charge in [0.25, 0.3) is 5.91 Å². The van der Waals surface area contributed by atoms with Gasteiger partial charge in [-0.3, -0.25) is 9.78 Å². The number of benzene rings is 2. The molecule has 2 heterocycles. The minimum absolute atomic E-state index is 0.237. The minimum atomic E-state index is -0.465. The quantitative estimate of drug-likeness (QED) is 0.462. The molecular weight excluding hydrogens is 408 g/mol. The smallest absolute Gasteiger partial charge is 0.358 e. The van der Waals surface area contributed by atoms with Crippen molar-refractivity contribution >= 4 is 28.5 Å². The Kier molecular flexibility index (Phi) is 5.85. The Balaban J connectivity index is 1.50. The van der Waals surface area contributed by atoms with Crippen LogP contribution in [0, 0.1) is 6.92 Å². The van der Waals surface area contributed by atoms with E-state index >= 15 is 0 Å². The number of pyridine rings is 1. The molecule has 1 N–H and O–H groups in total. The number of amides is 1. The summed E-state index contributed by atoms with van der Waals surface area (Å²) in [7, 11) is 1.60. The first-order valence-electron chi connectivity index (χ1n) is 10.1. The number of hydrogen-bond acceptors (Lipinski definition) is 6. The predicted octanol–water partition coefficient (Wildman–Crippen LogP) is 4.17. The number of rotatable bonds is 6. The number of ether oxygens (including phenoxy) is 2. The summed E-state index contributed by atoms with van der Waals surface area (Å²) >= 11 is 0. The molecule has 2 aromatic carbocycles. The molecule has 0 saturated carbocycles. The fourth-order valence-corrected chi connectivity index (χ4v) is 3.28. The summed E-state index contributed by atoms with van der Waals surface area (Å²) in [6.45, 7) is 3.84. The molecule has 32 heavy (non-hydrogen) atoms. The van der Waals surface area contributed by atoms with Gasteiger partial charge in [-0.2, -0.15) is 5.10 Å². The van der Waals surface area contributed by atoms with Crippen LogP contribution in [0.4, 0.5) is 5.69 Å². The van der Waals surface area contributed by atoms with Crippen molar-refractivity contribution in [2.24, 2.45) is 0 Å². The summed E-state index contributed by atoms with van der Waals surface area (Å²) in [6.07, 6.45) is 1.68. The fraction of sp³-hybridized carbons (Fsp3) is 0.167. The zero-order valence-corrected chi connectivity index (χ0v) is 18.0. The topological polar surface area (TPSA) is 95.3 Å². The summed E-state index contributed by atoms with van der Waals surface area (Å²) in [4.78, 5) is 29.2. The molecule has 0 unspecified atom stereocenters. The molecular formula is C24H22N4O4. The van der Waals surface area contributed by atoms with Gasteiger partial charge in [0, 0.05) is 23.3 Å². The number of aromatic nitrogens is 3. The van der Waals surface area contributed by atoms with E-state index in [9.17, 15) is 9.59 Å². The van der Waals surface area contributed by atoms with Gasteiger partial charge >= 0.3 is 5.97 Å². The summed E-state index contributed by atoms with van der Waals surface area (Å²) in [5, 5.41) is 7.98. The molecule has 0 aliphatic carbocycles. The maximum absolute atomic E-state index is 12.9. The standard InChI is InChI=1S/C24H22N4O4/c1-4-32-24(30)21-11-12-28(27-21)18-8-6-17(7-9-18)26-23(29)20-13-16-5-10-19(31-3)14-22(16)25-15(20)2/h5-14H,4H2,1-3H3,(H,26,29). The molecule has 0 atom stereocenters. The van der Waals surface area contributed by atoms with E-state index in [-0.39, 0.29) is 11.6 Å². The van der Waals surface area contributed by atoms with Crippen LogP contribution in [-0.2, 0) is 4.74 Å². The Morgan fingerprint density at radius 3 is 2.56 bits per heavy atom. The second-order valence-electron chi connectivity index (χ2n) is 7.05.